The molecule has 0 aliphatic heterocycles. The molecule has 7 aromatic carbocycles. The maximum atomic E-state index is 11.1. The number of phenols is 1. The number of aryl methyl sites for hydroxylation is 4. The fourth-order valence-corrected chi connectivity index (χ4v) is 6.27. The Morgan fingerprint density at radius 2 is 1.09 bits per heavy atom. The minimum absolute atomic E-state index is 0.0701. The van der Waals surface area contributed by atoms with Crippen LogP contribution in [-0.2, 0) is 0 Å². The molecule has 0 radical (unpaired) electrons. The standard InChI is InChI=1S/C46H43N7O3/c1-7-21-56-45-10-8-9-32-27-36(15-18-38(32)45)48-50-41-22-29(3)43(23-28(41)2)52-53-44-25-30(4)42(24-31(44)5)51-49-40-20-11-33-26-35(14-19-39(33)46(40)54)47-34-12-16-37(55-6)17-13-34/h8-20,22-27,47,54H,7,21H2,1-6H3. The molecule has 0 aliphatic carbocycles. The number of benzene rings is 7. The summed E-state index contributed by atoms with van der Waals surface area (Å²) >= 11 is 0. The van der Waals surface area contributed by atoms with Crippen LogP contribution in [0.25, 0.3) is 21.5 Å². The SMILES string of the molecule is CCCOc1cccc2cc(N=Nc3cc(C)c(N=Nc4cc(C)c(N=Nc5ccc6cc(Nc7ccc(OC)cc7)ccc6c5O)cc4C)cc3C)ccc12. The van der Waals surface area contributed by atoms with Crippen molar-refractivity contribution in [3.05, 3.63) is 138 Å². The average Bonchev–Trinajstić information content (AvgIpc) is 3.20. The molecule has 7 aromatic rings. The van der Waals surface area contributed by atoms with Crippen molar-refractivity contribution in [2.24, 2.45) is 30.7 Å². The normalized spacial score (nSPS) is 11.8. The van der Waals surface area contributed by atoms with Crippen LogP contribution in [0.2, 0.25) is 0 Å². The number of rotatable bonds is 12. The number of ether oxygens (including phenoxy) is 2. The fourth-order valence-electron chi connectivity index (χ4n) is 6.27. The van der Waals surface area contributed by atoms with E-state index in [1.807, 2.05) is 131 Å². The molecule has 0 saturated carbocycles. The van der Waals surface area contributed by atoms with Gasteiger partial charge in [0.25, 0.3) is 0 Å². The smallest absolute Gasteiger partial charge is 0.150 e. The molecule has 0 aromatic heterocycles. The Hall–Kier alpha value is -6.94. The van der Waals surface area contributed by atoms with E-state index in [9.17, 15) is 5.11 Å². The molecule has 0 aliphatic rings. The highest BCUT2D eigenvalue weighted by Gasteiger charge is 2.11. The monoisotopic (exact) mass is 741 g/mol. The molecule has 0 unspecified atom stereocenters. The molecule has 7 rings (SSSR count). The number of hydrogen-bond donors (Lipinski definition) is 2. The lowest BCUT2D eigenvalue weighted by molar-refractivity contribution is 0.321. The number of phenolic OH excluding ortho intramolecular Hbond substituents is 1. The van der Waals surface area contributed by atoms with E-state index in [1.165, 1.54) is 0 Å². The van der Waals surface area contributed by atoms with E-state index in [4.69, 9.17) is 9.47 Å². The van der Waals surface area contributed by atoms with Gasteiger partial charge in [-0.2, -0.15) is 25.6 Å². The van der Waals surface area contributed by atoms with Gasteiger partial charge in [0.1, 0.15) is 17.2 Å². The Morgan fingerprint density at radius 1 is 0.536 bits per heavy atom. The zero-order valence-electron chi connectivity index (χ0n) is 32.3. The third-order valence-corrected chi connectivity index (χ3v) is 9.47. The Labute approximate surface area is 326 Å². The van der Waals surface area contributed by atoms with Crippen LogP contribution >= 0.6 is 0 Å². The van der Waals surface area contributed by atoms with E-state index in [-0.39, 0.29) is 5.75 Å². The molecular weight excluding hydrogens is 699 g/mol. The van der Waals surface area contributed by atoms with Crippen LogP contribution in [0, 0.1) is 27.7 Å². The Kier molecular flexibility index (Phi) is 11.1. The van der Waals surface area contributed by atoms with Gasteiger partial charge in [-0.15, -0.1) is 5.11 Å². The van der Waals surface area contributed by atoms with Gasteiger partial charge in [0, 0.05) is 22.1 Å². The summed E-state index contributed by atoms with van der Waals surface area (Å²) in [7, 11) is 1.64. The van der Waals surface area contributed by atoms with Gasteiger partial charge in [-0.25, -0.2) is 0 Å². The summed E-state index contributed by atoms with van der Waals surface area (Å²) < 4.78 is 11.2. The lowest BCUT2D eigenvalue weighted by Crippen LogP contribution is -1.95. The van der Waals surface area contributed by atoms with Gasteiger partial charge in [0.2, 0.25) is 0 Å². The van der Waals surface area contributed by atoms with Gasteiger partial charge >= 0.3 is 0 Å². The number of nitrogens with one attached hydrogen (secondary N) is 1. The number of aromatic hydroxyl groups is 1. The second-order valence-electron chi connectivity index (χ2n) is 13.7. The zero-order valence-corrected chi connectivity index (χ0v) is 32.3. The van der Waals surface area contributed by atoms with E-state index in [1.54, 1.807) is 13.2 Å². The van der Waals surface area contributed by atoms with Crippen molar-refractivity contribution >= 4 is 67.0 Å². The summed E-state index contributed by atoms with van der Waals surface area (Å²) in [4.78, 5) is 0. The van der Waals surface area contributed by atoms with Gasteiger partial charge < -0.3 is 19.9 Å². The number of hydrogen-bond acceptors (Lipinski definition) is 10. The molecule has 0 spiro atoms. The molecule has 10 nitrogen and oxygen atoms in total. The van der Waals surface area contributed by atoms with Crippen molar-refractivity contribution in [1.29, 1.82) is 0 Å². The van der Waals surface area contributed by atoms with Gasteiger partial charge in [0.15, 0.2) is 5.75 Å². The molecule has 280 valence electrons. The third-order valence-electron chi connectivity index (χ3n) is 9.47. The highest BCUT2D eigenvalue weighted by molar-refractivity contribution is 5.95. The predicted octanol–water partition coefficient (Wildman–Crippen LogP) is 14.7. The van der Waals surface area contributed by atoms with Crippen LogP contribution in [0.15, 0.2) is 146 Å². The van der Waals surface area contributed by atoms with Crippen molar-refractivity contribution in [2.75, 3.05) is 19.0 Å². The fraction of sp³-hybridized carbons (Fsp3) is 0.174. The Balaban J connectivity index is 1.03. The van der Waals surface area contributed by atoms with Crippen LogP contribution < -0.4 is 14.8 Å². The summed E-state index contributed by atoms with van der Waals surface area (Å²) in [6, 6.07) is 37.0. The molecule has 0 saturated heterocycles. The summed E-state index contributed by atoms with van der Waals surface area (Å²) in [5.41, 5.74) is 9.56. The predicted molar refractivity (Wildman–Crippen MR) is 226 cm³/mol. The minimum Gasteiger partial charge on any atom is -0.505 e. The number of azo groups is 3. The van der Waals surface area contributed by atoms with Crippen LogP contribution in [0.3, 0.4) is 0 Å². The maximum Gasteiger partial charge on any atom is 0.150 e. The van der Waals surface area contributed by atoms with E-state index in [0.29, 0.717) is 23.4 Å². The van der Waals surface area contributed by atoms with Gasteiger partial charge in [-0.3, -0.25) is 0 Å². The van der Waals surface area contributed by atoms with Crippen LogP contribution in [0.5, 0.6) is 17.2 Å². The number of anilines is 2. The molecular formula is C46H43N7O3. The van der Waals surface area contributed by atoms with Crippen molar-refractivity contribution in [3.63, 3.8) is 0 Å². The topological polar surface area (TPSA) is 125 Å². The third kappa shape index (κ3) is 8.39. The Morgan fingerprint density at radius 3 is 1.70 bits per heavy atom. The van der Waals surface area contributed by atoms with Crippen molar-refractivity contribution in [1.82, 2.24) is 0 Å². The summed E-state index contributed by atoms with van der Waals surface area (Å²) in [6.07, 6.45) is 0.956. The Bertz CT molecular complexity index is 2650. The maximum absolute atomic E-state index is 11.1. The van der Waals surface area contributed by atoms with Gasteiger partial charge in [0.05, 0.1) is 42.2 Å². The number of nitrogens with zero attached hydrogens (tertiary/aromatic N) is 6. The molecule has 0 fully saturated rings. The van der Waals surface area contributed by atoms with Crippen molar-refractivity contribution in [3.8, 4) is 17.2 Å². The molecule has 0 amide bonds. The summed E-state index contributed by atoms with van der Waals surface area (Å²) in [6.45, 7) is 10.7. The minimum atomic E-state index is 0.0701. The van der Waals surface area contributed by atoms with Crippen LogP contribution in [-0.4, -0.2) is 18.8 Å². The molecule has 0 bridgehead atoms. The van der Waals surface area contributed by atoms with E-state index in [2.05, 4.69) is 49.0 Å². The lowest BCUT2D eigenvalue weighted by atomic mass is 10.1. The zero-order chi connectivity index (χ0) is 39.2. The highest BCUT2D eigenvalue weighted by atomic mass is 16.5. The first-order valence-electron chi connectivity index (χ1n) is 18.5. The second kappa shape index (κ2) is 16.6. The first-order valence-corrected chi connectivity index (χ1v) is 18.5. The van der Waals surface area contributed by atoms with E-state index in [0.717, 1.165) is 90.5 Å². The number of fused-ring (bicyclic) bond motifs is 2. The first-order chi connectivity index (χ1) is 27.2. The molecule has 56 heavy (non-hydrogen) atoms. The molecule has 2 N–H and O–H groups in total. The van der Waals surface area contributed by atoms with Crippen molar-refractivity contribution < 1.29 is 14.6 Å². The van der Waals surface area contributed by atoms with E-state index >= 15 is 0 Å². The van der Waals surface area contributed by atoms with Crippen LogP contribution in [0.4, 0.5) is 45.5 Å². The largest absolute Gasteiger partial charge is 0.505 e. The van der Waals surface area contributed by atoms with Crippen LogP contribution in [0.1, 0.15) is 35.6 Å². The van der Waals surface area contributed by atoms with Gasteiger partial charge in [-0.05, 0) is 164 Å². The molecule has 10 heteroatoms. The summed E-state index contributed by atoms with van der Waals surface area (Å²) in [5, 5.41) is 45.4. The summed E-state index contributed by atoms with van der Waals surface area (Å²) in [5.74, 6) is 1.74. The van der Waals surface area contributed by atoms with Crippen molar-refractivity contribution in [2.45, 2.75) is 41.0 Å². The highest BCUT2D eigenvalue weighted by Crippen LogP contribution is 2.39. The molecule has 0 atom stereocenters. The quantitative estimate of drug-likeness (QED) is 0.121. The average molecular weight is 742 g/mol. The number of methoxy groups -OCH3 is 1. The second-order valence-corrected chi connectivity index (χ2v) is 13.7. The van der Waals surface area contributed by atoms with Gasteiger partial charge in [-0.1, -0.05) is 25.1 Å². The van der Waals surface area contributed by atoms with E-state index < -0.39 is 0 Å². The first kappa shape index (κ1) is 37.4. The molecule has 0 heterocycles. The lowest BCUT2D eigenvalue weighted by Gasteiger charge is -2.10.